The SMILES string of the molecule is COc1ccccc1N1CCN(CCOc2c(C)cccc2Cl)CC1. The molecule has 0 bridgehead atoms. The topological polar surface area (TPSA) is 24.9 Å². The summed E-state index contributed by atoms with van der Waals surface area (Å²) in [6, 6.07) is 14.0. The first kappa shape index (κ1) is 17.9. The average Bonchev–Trinajstić information content (AvgIpc) is 2.65. The van der Waals surface area contributed by atoms with Crippen LogP contribution in [0.5, 0.6) is 11.5 Å². The molecule has 2 aromatic rings. The maximum absolute atomic E-state index is 6.21. The van der Waals surface area contributed by atoms with Crippen LogP contribution in [-0.4, -0.2) is 51.3 Å². The molecule has 1 fully saturated rings. The first-order chi connectivity index (χ1) is 12.2. The van der Waals surface area contributed by atoms with Gasteiger partial charge in [0.1, 0.15) is 18.1 Å². The summed E-state index contributed by atoms with van der Waals surface area (Å²) < 4.78 is 11.4. The van der Waals surface area contributed by atoms with Crippen molar-refractivity contribution >= 4 is 17.3 Å². The number of hydrogen-bond donors (Lipinski definition) is 0. The molecule has 5 heteroatoms. The highest BCUT2D eigenvalue weighted by Gasteiger charge is 2.19. The Hall–Kier alpha value is -1.91. The third-order valence-corrected chi connectivity index (χ3v) is 4.91. The Labute approximate surface area is 154 Å². The number of rotatable bonds is 6. The van der Waals surface area contributed by atoms with Crippen molar-refractivity contribution in [3.8, 4) is 11.5 Å². The van der Waals surface area contributed by atoms with Crippen molar-refractivity contribution < 1.29 is 9.47 Å². The normalized spacial score (nSPS) is 15.2. The Morgan fingerprint density at radius 1 is 1.00 bits per heavy atom. The van der Waals surface area contributed by atoms with Crippen molar-refractivity contribution in [2.75, 3.05) is 51.3 Å². The van der Waals surface area contributed by atoms with E-state index in [-0.39, 0.29) is 0 Å². The van der Waals surface area contributed by atoms with E-state index in [2.05, 4.69) is 21.9 Å². The minimum Gasteiger partial charge on any atom is -0.495 e. The molecule has 1 aliphatic heterocycles. The number of methoxy groups -OCH3 is 1. The molecule has 4 nitrogen and oxygen atoms in total. The van der Waals surface area contributed by atoms with E-state index in [0.717, 1.165) is 49.8 Å². The molecule has 0 aromatic heterocycles. The summed E-state index contributed by atoms with van der Waals surface area (Å²) in [7, 11) is 1.73. The molecule has 0 radical (unpaired) electrons. The second-order valence-electron chi connectivity index (χ2n) is 6.23. The summed E-state index contributed by atoms with van der Waals surface area (Å²) >= 11 is 6.21. The summed E-state index contributed by atoms with van der Waals surface area (Å²) in [4.78, 5) is 4.81. The Kier molecular flexibility index (Phi) is 6.05. The van der Waals surface area contributed by atoms with Gasteiger partial charge in [-0.15, -0.1) is 0 Å². The zero-order valence-corrected chi connectivity index (χ0v) is 15.6. The van der Waals surface area contributed by atoms with Gasteiger partial charge >= 0.3 is 0 Å². The molecule has 0 aliphatic carbocycles. The van der Waals surface area contributed by atoms with Crippen molar-refractivity contribution in [2.24, 2.45) is 0 Å². The van der Waals surface area contributed by atoms with E-state index in [1.165, 1.54) is 5.69 Å². The third kappa shape index (κ3) is 4.39. The van der Waals surface area contributed by atoms with E-state index in [1.807, 2.05) is 37.3 Å². The number of aryl methyl sites for hydroxylation is 1. The number of para-hydroxylation sites is 3. The molecule has 1 heterocycles. The average molecular weight is 361 g/mol. The molecule has 1 saturated heterocycles. The Morgan fingerprint density at radius 2 is 1.76 bits per heavy atom. The molecule has 0 unspecified atom stereocenters. The number of hydrogen-bond acceptors (Lipinski definition) is 4. The molecule has 0 atom stereocenters. The van der Waals surface area contributed by atoms with Crippen LogP contribution in [0.4, 0.5) is 5.69 Å². The Morgan fingerprint density at radius 3 is 2.48 bits per heavy atom. The molecule has 0 N–H and O–H groups in total. The van der Waals surface area contributed by atoms with Crippen LogP contribution in [0.25, 0.3) is 0 Å². The van der Waals surface area contributed by atoms with E-state index >= 15 is 0 Å². The van der Waals surface area contributed by atoms with Crippen LogP contribution in [0, 0.1) is 6.92 Å². The molecule has 25 heavy (non-hydrogen) atoms. The van der Waals surface area contributed by atoms with Gasteiger partial charge in [0.2, 0.25) is 0 Å². The lowest BCUT2D eigenvalue weighted by molar-refractivity contribution is 0.200. The molecule has 0 saturated carbocycles. The first-order valence-corrected chi connectivity index (χ1v) is 9.05. The molecular weight excluding hydrogens is 336 g/mol. The Bertz CT molecular complexity index is 680. The second kappa shape index (κ2) is 8.45. The lowest BCUT2D eigenvalue weighted by Crippen LogP contribution is -2.47. The minimum absolute atomic E-state index is 0.652. The highest BCUT2D eigenvalue weighted by Crippen LogP contribution is 2.29. The summed E-state index contributed by atoms with van der Waals surface area (Å²) in [5.74, 6) is 1.74. The fourth-order valence-electron chi connectivity index (χ4n) is 3.18. The number of ether oxygens (including phenoxy) is 2. The zero-order valence-electron chi connectivity index (χ0n) is 14.9. The van der Waals surface area contributed by atoms with Crippen LogP contribution < -0.4 is 14.4 Å². The standard InChI is InChI=1S/C20H25ClN2O2/c1-16-6-5-7-17(21)20(16)25-15-14-22-10-12-23(13-11-22)18-8-3-4-9-19(18)24-2/h3-9H,10-15H2,1-2H3. The van der Waals surface area contributed by atoms with E-state index in [4.69, 9.17) is 21.1 Å². The smallest absolute Gasteiger partial charge is 0.142 e. The highest BCUT2D eigenvalue weighted by atomic mass is 35.5. The quantitative estimate of drug-likeness (QED) is 0.781. The second-order valence-corrected chi connectivity index (χ2v) is 6.64. The fraction of sp³-hybridized carbons (Fsp3) is 0.400. The van der Waals surface area contributed by atoms with Gasteiger partial charge in [0.05, 0.1) is 17.8 Å². The lowest BCUT2D eigenvalue weighted by Gasteiger charge is -2.36. The van der Waals surface area contributed by atoms with Crippen molar-refractivity contribution in [3.63, 3.8) is 0 Å². The number of anilines is 1. The van der Waals surface area contributed by atoms with Gasteiger partial charge in [0, 0.05) is 32.7 Å². The summed E-state index contributed by atoms with van der Waals surface area (Å²) in [5, 5.41) is 0.681. The number of benzene rings is 2. The van der Waals surface area contributed by atoms with Gasteiger partial charge in [-0.3, -0.25) is 4.90 Å². The summed E-state index contributed by atoms with van der Waals surface area (Å²) in [6.07, 6.45) is 0. The van der Waals surface area contributed by atoms with Crippen LogP contribution in [0.15, 0.2) is 42.5 Å². The van der Waals surface area contributed by atoms with Crippen LogP contribution in [0.1, 0.15) is 5.56 Å². The molecular formula is C20H25ClN2O2. The van der Waals surface area contributed by atoms with Gasteiger partial charge in [-0.1, -0.05) is 35.9 Å². The van der Waals surface area contributed by atoms with Crippen molar-refractivity contribution in [3.05, 3.63) is 53.1 Å². The highest BCUT2D eigenvalue weighted by molar-refractivity contribution is 6.32. The number of halogens is 1. The van der Waals surface area contributed by atoms with Crippen molar-refractivity contribution in [1.29, 1.82) is 0 Å². The van der Waals surface area contributed by atoms with Gasteiger partial charge in [0.25, 0.3) is 0 Å². The molecule has 3 rings (SSSR count). The van der Waals surface area contributed by atoms with E-state index in [9.17, 15) is 0 Å². The summed E-state index contributed by atoms with van der Waals surface area (Å²) in [5.41, 5.74) is 2.25. The predicted molar refractivity (Wildman–Crippen MR) is 103 cm³/mol. The number of piperazine rings is 1. The molecule has 134 valence electrons. The summed E-state index contributed by atoms with van der Waals surface area (Å²) in [6.45, 7) is 7.60. The lowest BCUT2D eigenvalue weighted by atomic mass is 10.2. The van der Waals surface area contributed by atoms with Crippen molar-refractivity contribution in [2.45, 2.75) is 6.92 Å². The van der Waals surface area contributed by atoms with E-state index in [1.54, 1.807) is 7.11 Å². The van der Waals surface area contributed by atoms with Crippen LogP contribution in [-0.2, 0) is 0 Å². The van der Waals surface area contributed by atoms with Gasteiger partial charge in [-0.2, -0.15) is 0 Å². The maximum Gasteiger partial charge on any atom is 0.142 e. The molecule has 2 aromatic carbocycles. The van der Waals surface area contributed by atoms with E-state index < -0.39 is 0 Å². The van der Waals surface area contributed by atoms with Gasteiger partial charge in [-0.25, -0.2) is 0 Å². The van der Waals surface area contributed by atoms with Crippen LogP contribution >= 0.6 is 11.6 Å². The third-order valence-electron chi connectivity index (χ3n) is 4.62. The first-order valence-electron chi connectivity index (χ1n) is 8.67. The maximum atomic E-state index is 6.21. The Balaban J connectivity index is 1.48. The van der Waals surface area contributed by atoms with Crippen molar-refractivity contribution in [1.82, 2.24) is 4.90 Å². The largest absolute Gasteiger partial charge is 0.495 e. The minimum atomic E-state index is 0.652. The molecule has 0 amide bonds. The molecule has 0 spiro atoms. The van der Waals surface area contributed by atoms with E-state index in [0.29, 0.717) is 11.6 Å². The zero-order chi connectivity index (χ0) is 17.6. The fourth-order valence-corrected chi connectivity index (χ4v) is 3.46. The number of nitrogens with zero attached hydrogens (tertiary/aromatic N) is 2. The predicted octanol–water partition coefficient (Wildman–Crippen LogP) is 3.86. The molecule has 1 aliphatic rings. The van der Waals surface area contributed by atoms with Gasteiger partial charge in [-0.05, 0) is 30.7 Å². The van der Waals surface area contributed by atoms with Gasteiger partial charge < -0.3 is 14.4 Å². The van der Waals surface area contributed by atoms with Crippen LogP contribution in [0.2, 0.25) is 5.02 Å². The monoisotopic (exact) mass is 360 g/mol. The van der Waals surface area contributed by atoms with Gasteiger partial charge in [0.15, 0.2) is 0 Å². The van der Waals surface area contributed by atoms with Crippen LogP contribution in [0.3, 0.4) is 0 Å².